The van der Waals surface area contributed by atoms with Gasteiger partial charge in [0.1, 0.15) is 23.4 Å². The fraction of sp³-hybridized carbons (Fsp3) is 0.143. The van der Waals surface area contributed by atoms with E-state index in [4.69, 9.17) is 20.0 Å². The Morgan fingerprint density at radius 1 is 0.944 bits per heavy atom. The Kier molecular flexibility index (Phi) is 7.60. The van der Waals surface area contributed by atoms with Crippen molar-refractivity contribution in [3.05, 3.63) is 102 Å². The van der Waals surface area contributed by atoms with E-state index in [1.165, 1.54) is 0 Å². The van der Waals surface area contributed by atoms with Crippen LogP contribution in [0.4, 0.5) is 5.69 Å². The van der Waals surface area contributed by atoms with Gasteiger partial charge in [-0.05, 0) is 67.1 Å². The van der Waals surface area contributed by atoms with Crippen LogP contribution >= 0.6 is 0 Å². The Labute approximate surface area is 208 Å². The van der Waals surface area contributed by atoms with Gasteiger partial charge in [0.15, 0.2) is 0 Å². The number of carbonyl (C=O) groups excluding carboxylic acids is 2. The summed E-state index contributed by atoms with van der Waals surface area (Å²) in [4.78, 5) is 25.0. The maximum absolute atomic E-state index is 12.5. The highest BCUT2D eigenvalue weighted by Crippen LogP contribution is 2.24. The quantitative estimate of drug-likeness (QED) is 0.593. The molecular formula is C28H22N4O4. The summed E-state index contributed by atoms with van der Waals surface area (Å²) in [7, 11) is 0. The molecule has 2 amide bonds. The van der Waals surface area contributed by atoms with Crippen LogP contribution in [0.2, 0.25) is 0 Å². The molecule has 178 valence electrons. The van der Waals surface area contributed by atoms with E-state index in [0.717, 1.165) is 0 Å². The van der Waals surface area contributed by atoms with Crippen LogP contribution in [-0.4, -0.2) is 24.0 Å². The number of benzene rings is 2. The number of hydrogen-bond acceptors (Lipinski definition) is 6. The fourth-order valence-electron chi connectivity index (χ4n) is 3.57. The molecule has 0 saturated heterocycles. The number of carbonyl (C=O) groups is 2. The predicted octanol–water partition coefficient (Wildman–Crippen LogP) is 4.41. The summed E-state index contributed by atoms with van der Waals surface area (Å²) in [5, 5.41) is 23.1. The number of nitrogens with one attached hydrogen (secondary N) is 2. The number of anilines is 1. The van der Waals surface area contributed by atoms with Crippen molar-refractivity contribution < 1.29 is 19.1 Å². The number of ether oxygens (including phenoxy) is 2. The van der Waals surface area contributed by atoms with Gasteiger partial charge in [0.25, 0.3) is 0 Å². The van der Waals surface area contributed by atoms with Gasteiger partial charge in [-0.25, -0.2) is 0 Å². The van der Waals surface area contributed by atoms with E-state index in [1.54, 1.807) is 60.7 Å². The Bertz CT molecular complexity index is 1360. The molecule has 2 aliphatic rings. The maximum atomic E-state index is 12.5. The molecule has 0 radical (unpaired) electrons. The number of nitrogens with zero attached hydrogens (tertiary/aromatic N) is 2. The number of nitriles is 2. The smallest absolute Gasteiger partial charge is 0.313 e. The van der Waals surface area contributed by atoms with Crippen molar-refractivity contribution in [3.63, 3.8) is 0 Å². The average molecular weight is 479 g/mol. The monoisotopic (exact) mass is 478 g/mol. The second-order valence-electron chi connectivity index (χ2n) is 8.03. The molecule has 0 spiro atoms. The van der Waals surface area contributed by atoms with Gasteiger partial charge in [0.2, 0.25) is 0 Å². The molecule has 0 heterocycles. The Balaban J connectivity index is 1.30. The van der Waals surface area contributed by atoms with E-state index >= 15 is 0 Å². The minimum absolute atomic E-state index is 0.200. The van der Waals surface area contributed by atoms with Gasteiger partial charge < -0.3 is 20.1 Å². The van der Waals surface area contributed by atoms with Gasteiger partial charge in [0, 0.05) is 23.7 Å². The topological polar surface area (TPSA) is 124 Å². The fourth-order valence-corrected chi connectivity index (χ4v) is 3.57. The SMILES string of the molecule is N#CC1=CCC(OC2=CC(NC(=O)C(=O)Nc3cccc(Oc4ccc(C#N)cc4)c3)CC=C2)C=C1. The molecule has 36 heavy (non-hydrogen) atoms. The van der Waals surface area contributed by atoms with E-state index in [1.807, 2.05) is 30.4 Å². The highest BCUT2D eigenvalue weighted by Gasteiger charge is 2.20. The van der Waals surface area contributed by atoms with Crippen LogP contribution < -0.4 is 15.4 Å². The zero-order valence-electron chi connectivity index (χ0n) is 19.2. The van der Waals surface area contributed by atoms with E-state index in [9.17, 15) is 9.59 Å². The zero-order chi connectivity index (χ0) is 25.3. The van der Waals surface area contributed by atoms with Gasteiger partial charge in [-0.2, -0.15) is 10.5 Å². The molecule has 2 aliphatic carbocycles. The lowest BCUT2D eigenvalue weighted by Gasteiger charge is -2.22. The molecule has 2 aromatic rings. The summed E-state index contributed by atoms with van der Waals surface area (Å²) in [6, 6.07) is 17.0. The van der Waals surface area contributed by atoms with E-state index in [2.05, 4.69) is 16.7 Å². The summed E-state index contributed by atoms with van der Waals surface area (Å²) in [5.74, 6) is 0.0102. The summed E-state index contributed by atoms with van der Waals surface area (Å²) in [6.45, 7) is 0. The van der Waals surface area contributed by atoms with Crippen LogP contribution in [0.3, 0.4) is 0 Å². The molecule has 4 rings (SSSR count). The van der Waals surface area contributed by atoms with Crippen molar-refractivity contribution in [1.29, 1.82) is 10.5 Å². The van der Waals surface area contributed by atoms with Crippen molar-refractivity contribution in [3.8, 4) is 23.6 Å². The molecule has 0 bridgehead atoms. The lowest BCUT2D eigenvalue weighted by molar-refractivity contribution is -0.136. The molecule has 2 unspecified atom stereocenters. The Morgan fingerprint density at radius 2 is 1.78 bits per heavy atom. The van der Waals surface area contributed by atoms with Crippen LogP contribution in [0.15, 0.2) is 96.3 Å². The van der Waals surface area contributed by atoms with Crippen molar-refractivity contribution in [1.82, 2.24) is 5.32 Å². The van der Waals surface area contributed by atoms with Gasteiger partial charge in [-0.15, -0.1) is 0 Å². The van der Waals surface area contributed by atoms with Crippen molar-refractivity contribution >= 4 is 17.5 Å². The Hall–Kier alpha value is -5.08. The molecule has 2 aromatic carbocycles. The molecule has 2 atom stereocenters. The molecule has 8 nitrogen and oxygen atoms in total. The first-order chi connectivity index (χ1) is 17.5. The van der Waals surface area contributed by atoms with Crippen molar-refractivity contribution in [2.75, 3.05) is 5.32 Å². The first-order valence-corrected chi connectivity index (χ1v) is 11.3. The van der Waals surface area contributed by atoms with E-state index in [0.29, 0.717) is 46.9 Å². The van der Waals surface area contributed by atoms with Crippen LogP contribution in [0, 0.1) is 22.7 Å². The van der Waals surface area contributed by atoms with Crippen LogP contribution in [-0.2, 0) is 14.3 Å². The summed E-state index contributed by atoms with van der Waals surface area (Å²) in [6.07, 6.45) is 11.7. The summed E-state index contributed by atoms with van der Waals surface area (Å²) < 4.78 is 11.7. The third kappa shape index (κ3) is 6.49. The summed E-state index contributed by atoms with van der Waals surface area (Å²) in [5.41, 5.74) is 1.53. The van der Waals surface area contributed by atoms with Gasteiger partial charge in [0.05, 0.1) is 23.7 Å². The minimum Gasteiger partial charge on any atom is -0.486 e. The second kappa shape index (κ2) is 11.4. The van der Waals surface area contributed by atoms with Crippen LogP contribution in [0.1, 0.15) is 18.4 Å². The number of hydrogen-bond donors (Lipinski definition) is 2. The molecule has 0 aliphatic heterocycles. The zero-order valence-corrected chi connectivity index (χ0v) is 19.2. The van der Waals surface area contributed by atoms with Gasteiger partial charge in [-0.1, -0.05) is 18.2 Å². The van der Waals surface area contributed by atoms with Crippen LogP contribution in [0.25, 0.3) is 0 Å². The minimum atomic E-state index is -0.805. The molecule has 0 fully saturated rings. The maximum Gasteiger partial charge on any atom is 0.313 e. The van der Waals surface area contributed by atoms with Crippen molar-refractivity contribution in [2.24, 2.45) is 0 Å². The number of rotatable bonds is 6. The first kappa shape index (κ1) is 24.1. The second-order valence-corrected chi connectivity index (χ2v) is 8.03. The largest absolute Gasteiger partial charge is 0.486 e. The lowest BCUT2D eigenvalue weighted by atomic mass is 10.0. The third-order valence-electron chi connectivity index (χ3n) is 5.35. The Morgan fingerprint density at radius 3 is 2.50 bits per heavy atom. The highest BCUT2D eigenvalue weighted by molar-refractivity contribution is 6.39. The van der Waals surface area contributed by atoms with Gasteiger partial charge >= 0.3 is 11.8 Å². The van der Waals surface area contributed by atoms with Gasteiger partial charge in [-0.3, -0.25) is 9.59 Å². The summed E-state index contributed by atoms with van der Waals surface area (Å²) >= 11 is 0. The molecule has 0 aromatic heterocycles. The molecular weight excluding hydrogens is 456 g/mol. The molecule has 8 heteroatoms. The lowest BCUT2D eigenvalue weighted by Crippen LogP contribution is -2.41. The standard InChI is InChI=1S/C28H22N4O4/c29-17-19-7-11-23(12-8-19)35-25-5-1-3-21(15-25)31-27(33)28(34)32-22-4-2-6-26(16-22)36-24-13-9-20(18-30)10-14-24/h1-3,5-13,15-16,22,24H,4,14H2,(H,31,33)(H,32,34). The van der Waals surface area contributed by atoms with Crippen LogP contribution in [0.5, 0.6) is 11.5 Å². The molecule has 2 N–H and O–H groups in total. The molecule has 0 saturated carbocycles. The number of amides is 2. The predicted molar refractivity (Wildman–Crippen MR) is 132 cm³/mol. The normalized spacial score (nSPS) is 18.1. The number of allylic oxidation sites excluding steroid dienone is 3. The highest BCUT2D eigenvalue weighted by atomic mass is 16.5. The van der Waals surface area contributed by atoms with Crippen molar-refractivity contribution in [2.45, 2.75) is 25.0 Å². The average Bonchev–Trinajstić information content (AvgIpc) is 2.90. The van der Waals surface area contributed by atoms with E-state index in [-0.39, 0.29) is 6.10 Å². The third-order valence-corrected chi connectivity index (χ3v) is 5.35. The van der Waals surface area contributed by atoms with E-state index < -0.39 is 17.9 Å². The first-order valence-electron chi connectivity index (χ1n) is 11.3.